The minimum atomic E-state index is -0.406. The number of ketones is 1. The van der Waals surface area contributed by atoms with Gasteiger partial charge in [-0.25, -0.2) is 4.68 Å². The molecule has 3 aromatic carbocycles. The molecule has 38 heavy (non-hydrogen) atoms. The number of hydrogen-bond acceptors (Lipinski definition) is 6. The Morgan fingerprint density at radius 1 is 0.974 bits per heavy atom. The molecule has 1 unspecified atom stereocenters. The van der Waals surface area contributed by atoms with E-state index < -0.39 is 6.04 Å². The van der Waals surface area contributed by atoms with Gasteiger partial charge in [-0.3, -0.25) is 4.79 Å². The van der Waals surface area contributed by atoms with Gasteiger partial charge in [0.2, 0.25) is 5.95 Å². The molecule has 6 rings (SSSR count). The summed E-state index contributed by atoms with van der Waals surface area (Å²) >= 11 is 0. The topological polar surface area (TPSA) is 78.3 Å². The summed E-state index contributed by atoms with van der Waals surface area (Å²) in [4.78, 5) is 18.4. The molecule has 1 aromatic heterocycles. The van der Waals surface area contributed by atoms with Gasteiger partial charge in [-0.1, -0.05) is 68.4 Å². The van der Waals surface area contributed by atoms with Crippen molar-refractivity contribution in [3.63, 3.8) is 0 Å². The van der Waals surface area contributed by atoms with Gasteiger partial charge in [-0.15, -0.1) is 5.10 Å². The minimum Gasteiger partial charge on any atom is -0.497 e. The Kier molecular flexibility index (Phi) is 5.98. The maximum atomic E-state index is 13.6. The molecule has 0 saturated heterocycles. The average molecular weight is 507 g/mol. The third-order valence-electron chi connectivity index (χ3n) is 7.08. The molecule has 7 heteroatoms. The number of allylic oxidation sites excluding steroid dienone is 2. The summed E-state index contributed by atoms with van der Waals surface area (Å²) in [7, 11) is 1.64. The van der Waals surface area contributed by atoms with Gasteiger partial charge in [0.25, 0.3) is 0 Å². The molecule has 2 aliphatic rings. The quantitative estimate of drug-likeness (QED) is 0.336. The highest BCUT2D eigenvalue weighted by molar-refractivity contribution is 6.00. The molecule has 2 heterocycles. The molecule has 4 aromatic rings. The second-order valence-electron chi connectivity index (χ2n) is 10.6. The van der Waals surface area contributed by atoms with Crippen molar-refractivity contribution in [1.82, 2.24) is 14.8 Å². The predicted molar refractivity (Wildman–Crippen MR) is 146 cm³/mol. The van der Waals surface area contributed by atoms with Gasteiger partial charge in [0.15, 0.2) is 11.6 Å². The number of methoxy groups -OCH3 is 1. The summed E-state index contributed by atoms with van der Waals surface area (Å²) in [5, 5.41) is 8.35. The number of benzene rings is 3. The Morgan fingerprint density at radius 3 is 2.58 bits per heavy atom. The van der Waals surface area contributed by atoms with E-state index in [1.165, 1.54) is 0 Å². The number of ether oxygens (including phenoxy) is 2. The van der Waals surface area contributed by atoms with Gasteiger partial charge in [0.1, 0.15) is 24.1 Å². The van der Waals surface area contributed by atoms with Gasteiger partial charge < -0.3 is 14.8 Å². The van der Waals surface area contributed by atoms with Crippen molar-refractivity contribution < 1.29 is 14.3 Å². The molecule has 0 bridgehead atoms. The van der Waals surface area contributed by atoms with E-state index >= 15 is 0 Å². The van der Waals surface area contributed by atoms with Crippen LogP contribution in [0.25, 0.3) is 11.4 Å². The lowest BCUT2D eigenvalue weighted by Crippen LogP contribution is -2.36. The van der Waals surface area contributed by atoms with Crippen LogP contribution in [0.5, 0.6) is 11.5 Å². The molecule has 1 aliphatic carbocycles. The van der Waals surface area contributed by atoms with Crippen molar-refractivity contribution >= 4 is 11.7 Å². The minimum absolute atomic E-state index is 0.133. The molecular formula is C31H30N4O3. The highest BCUT2D eigenvalue weighted by Crippen LogP contribution is 2.46. The average Bonchev–Trinajstić information content (AvgIpc) is 3.34. The number of aromatic nitrogens is 3. The van der Waals surface area contributed by atoms with Crippen LogP contribution in [0.3, 0.4) is 0 Å². The number of anilines is 1. The van der Waals surface area contributed by atoms with E-state index in [0.717, 1.165) is 45.9 Å². The van der Waals surface area contributed by atoms with Crippen molar-refractivity contribution in [3.8, 4) is 22.9 Å². The largest absolute Gasteiger partial charge is 0.497 e. The van der Waals surface area contributed by atoms with Crippen LogP contribution in [-0.2, 0) is 11.4 Å². The monoisotopic (exact) mass is 506 g/mol. The number of Topliss-reactive ketones (excluding diaryl/α,β-unsaturated/α-hetero) is 1. The van der Waals surface area contributed by atoms with Gasteiger partial charge in [0, 0.05) is 23.3 Å². The molecule has 1 atom stereocenters. The summed E-state index contributed by atoms with van der Waals surface area (Å²) in [6.45, 7) is 4.72. The fourth-order valence-electron chi connectivity index (χ4n) is 5.32. The molecule has 1 N–H and O–H groups in total. The fourth-order valence-corrected chi connectivity index (χ4v) is 5.32. The summed E-state index contributed by atoms with van der Waals surface area (Å²) in [5.41, 5.74) is 4.41. The summed E-state index contributed by atoms with van der Waals surface area (Å²) in [6.07, 6.45) is 1.25. The molecular weight excluding hydrogens is 476 g/mol. The number of rotatable bonds is 6. The number of carbonyl (C=O) groups is 1. The molecule has 192 valence electrons. The van der Waals surface area contributed by atoms with E-state index in [4.69, 9.17) is 19.6 Å². The third kappa shape index (κ3) is 4.56. The lowest BCUT2D eigenvalue weighted by atomic mass is 9.73. The molecule has 0 amide bonds. The van der Waals surface area contributed by atoms with E-state index in [1.807, 2.05) is 83.5 Å². The zero-order valence-corrected chi connectivity index (χ0v) is 21.8. The van der Waals surface area contributed by atoms with Crippen LogP contribution in [0.4, 0.5) is 5.95 Å². The second kappa shape index (κ2) is 9.49. The van der Waals surface area contributed by atoms with Gasteiger partial charge in [-0.2, -0.15) is 4.98 Å². The highest BCUT2D eigenvalue weighted by atomic mass is 16.5. The van der Waals surface area contributed by atoms with Crippen LogP contribution in [0.1, 0.15) is 43.9 Å². The standard InChI is InChI=1S/C31H30N4O3/c1-31(2)17-25-27(26(36)18-31)28(21-11-7-14-24(15-21)38-19-20-9-5-4-6-10-20)35-30(32-25)33-29(34-35)22-12-8-13-23(16-22)37-3/h4-16,28H,17-19H2,1-3H3,(H,32,33,34). The van der Waals surface area contributed by atoms with Gasteiger partial charge >= 0.3 is 0 Å². The van der Waals surface area contributed by atoms with Crippen LogP contribution in [0.15, 0.2) is 90.1 Å². The highest BCUT2D eigenvalue weighted by Gasteiger charge is 2.42. The van der Waals surface area contributed by atoms with E-state index in [0.29, 0.717) is 24.8 Å². The van der Waals surface area contributed by atoms with Gasteiger partial charge in [-0.05, 0) is 47.2 Å². The fraction of sp³-hybridized carbons (Fsp3) is 0.258. The van der Waals surface area contributed by atoms with Crippen molar-refractivity contribution in [2.45, 2.75) is 39.3 Å². The maximum absolute atomic E-state index is 13.6. The van der Waals surface area contributed by atoms with Crippen molar-refractivity contribution in [2.75, 3.05) is 12.4 Å². The maximum Gasteiger partial charge on any atom is 0.226 e. The van der Waals surface area contributed by atoms with Crippen LogP contribution >= 0.6 is 0 Å². The molecule has 7 nitrogen and oxygen atoms in total. The Morgan fingerprint density at radius 2 is 1.76 bits per heavy atom. The number of nitrogens with one attached hydrogen (secondary N) is 1. The van der Waals surface area contributed by atoms with Crippen LogP contribution in [-0.4, -0.2) is 27.7 Å². The van der Waals surface area contributed by atoms with Crippen molar-refractivity contribution in [2.24, 2.45) is 5.41 Å². The van der Waals surface area contributed by atoms with Crippen LogP contribution in [0.2, 0.25) is 0 Å². The molecule has 0 saturated carbocycles. The first-order valence-electron chi connectivity index (χ1n) is 12.8. The smallest absolute Gasteiger partial charge is 0.226 e. The van der Waals surface area contributed by atoms with Gasteiger partial charge in [0.05, 0.1) is 7.11 Å². The molecule has 0 radical (unpaired) electrons. The molecule has 1 aliphatic heterocycles. The second-order valence-corrected chi connectivity index (χ2v) is 10.6. The number of nitrogens with zero attached hydrogens (tertiary/aromatic N) is 3. The first kappa shape index (κ1) is 24.0. The molecule has 0 fully saturated rings. The zero-order valence-electron chi connectivity index (χ0n) is 21.8. The first-order valence-corrected chi connectivity index (χ1v) is 12.8. The van der Waals surface area contributed by atoms with Crippen molar-refractivity contribution in [3.05, 3.63) is 101 Å². The van der Waals surface area contributed by atoms with Crippen LogP contribution < -0.4 is 14.8 Å². The first-order chi connectivity index (χ1) is 18.4. The SMILES string of the molecule is COc1cccc(-c2nc3n(n2)C(c2cccc(OCc4ccccc4)c2)C2=C(CC(C)(C)CC2=O)N3)c1. The Balaban J connectivity index is 1.42. The van der Waals surface area contributed by atoms with E-state index in [1.54, 1.807) is 7.11 Å². The Hall–Kier alpha value is -4.39. The van der Waals surface area contributed by atoms with Crippen molar-refractivity contribution in [1.29, 1.82) is 0 Å². The summed E-state index contributed by atoms with van der Waals surface area (Å²) in [5.74, 6) is 2.79. The number of fused-ring (bicyclic) bond motifs is 1. The summed E-state index contributed by atoms with van der Waals surface area (Å²) in [6, 6.07) is 25.3. The predicted octanol–water partition coefficient (Wildman–Crippen LogP) is 6.19. The third-order valence-corrected chi connectivity index (χ3v) is 7.08. The lowest BCUT2D eigenvalue weighted by molar-refractivity contribution is -0.118. The van der Waals surface area contributed by atoms with Crippen LogP contribution in [0, 0.1) is 5.41 Å². The van der Waals surface area contributed by atoms with E-state index in [9.17, 15) is 4.79 Å². The number of hydrogen-bond donors (Lipinski definition) is 1. The van der Waals surface area contributed by atoms with E-state index in [2.05, 4.69) is 19.2 Å². The Bertz CT molecular complexity index is 1540. The molecule has 0 spiro atoms. The van der Waals surface area contributed by atoms with E-state index in [-0.39, 0.29) is 11.2 Å². The Labute approximate surface area is 222 Å². The zero-order chi connectivity index (χ0) is 26.3. The lowest BCUT2D eigenvalue weighted by Gasteiger charge is -2.38. The number of carbonyl (C=O) groups excluding carboxylic acids is 1. The summed E-state index contributed by atoms with van der Waals surface area (Å²) < 4.78 is 13.4. The normalized spacial score (nSPS) is 17.9.